The number of hydrogen-bond acceptors (Lipinski definition) is 4. The largest absolute Gasteiger partial charge is 0.482 e. The van der Waals surface area contributed by atoms with Crippen molar-refractivity contribution < 1.29 is 19.1 Å². The van der Waals surface area contributed by atoms with E-state index < -0.39 is 5.97 Å². The summed E-state index contributed by atoms with van der Waals surface area (Å²) in [7, 11) is 0. The number of nitrogens with one attached hydrogen (secondary N) is 1. The van der Waals surface area contributed by atoms with Gasteiger partial charge < -0.3 is 14.5 Å². The monoisotopic (exact) mass is 365 g/mol. The predicted octanol–water partition coefficient (Wildman–Crippen LogP) is 4.40. The Morgan fingerprint density at radius 2 is 1.70 bits per heavy atom. The van der Waals surface area contributed by atoms with Gasteiger partial charge in [0.05, 0.1) is 0 Å². The Kier molecular flexibility index (Phi) is 5.60. The number of carbonyl (C=O) groups is 2. The fraction of sp³-hybridized carbons (Fsp3) is 0.273. The van der Waals surface area contributed by atoms with Gasteiger partial charge in [0.25, 0.3) is 0 Å². The summed E-state index contributed by atoms with van der Waals surface area (Å²) in [6.07, 6.45) is 0. The fourth-order valence-electron chi connectivity index (χ4n) is 3.12. The Bertz CT molecular complexity index is 971. The molecule has 0 saturated heterocycles. The van der Waals surface area contributed by atoms with E-state index in [-0.39, 0.29) is 24.9 Å². The van der Waals surface area contributed by atoms with Crippen molar-refractivity contribution in [3.8, 4) is 5.75 Å². The van der Waals surface area contributed by atoms with E-state index in [1.807, 2.05) is 55.5 Å². The van der Waals surface area contributed by atoms with Gasteiger partial charge in [0.15, 0.2) is 13.2 Å². The molecule has 0 amide bonds. The van der Waals surface area contributed by atoms with Crippen LogP contribution in [0.4, 0.5) is 0 Å². The van der Waals surface area contributed by atoms with Crippen LogP contribution < -0.4 is 4.74 Å². The summed E-state index contributed by atoms with van der Waals surface area (Å²) in [5, 5.41) is 0.832. The fourth-order valence-corrected chi connectivity index (χ4v) is 3.12. The van der Waals surface area contributed by atoms with Crippen LogP contribution in [0, 0.1) is 6.92 Å². The van der Waals surface area contributed by atoms with E-state index in [0.717, 1.165) is 22.2 Å². The highest BCUT2D eigenvalue weighted by Gasteiger charge is 2.18. The topological polar surface area (TPSA) is 68.4 Å². The molecule has 5 heteroatoms. The summed E-state index contributed by atoms with van der Waals surface area (Å²) in [6.45, 7) is 5.41. The van der Waals surface area contributed by atoms with Gasteiger partial charge in [-0.2, -0.15) is 0 Å². The number of benzene rings is 2. The van der Waals surface area contributed by atoms with Crippen LogP contribution in [0.2, 0.25) is 0 Å². The molecule has 2 aromatic carbocycles. The normalized spacial score (nSPS) is 11.0. The van der Waals surface area contributed by atoms with E-state index in [2.05, 4.69) is 18.8 Å². The second-order valence-corrected chi connectivity index (χ2v) is 6.74. The van der Waals surface area contributed by atoms with Crippen LogP contribution in [0.25, 0.3) is 10.9 Å². The number of ketones is 1. The maximum absolute atomic E-state index is 12.5. The average Bonchev–Trinajstić information content (AvgIpc) is 3.00. The maximum Gasteiger partial charge on any atom is 0.344 e. The Hall–Kier alpha value is -3.08. The van der Waals surface area contributed by atoms with E-state index in [0.29, 0.717) is 11.3 Å². The van der Waals surface area contributed by atoms with Gasteiger partial charge in [-0.05, 0) is 30.5 Å². The lowest BCUT2D eigenvalue weighted by molar-refractivity contribution is -0.144. The number of aryl methyl sites for hydroxylation is 1. The highest BCUT2D eigenvalue weighted by molar-refractivity contribution is 6.10. The summed E-state index contributed by atoms with van der Waals surface area (Å²) in [5.41, 5.74) is 3.23. The maximum atomic E-state index is 12.5. The molecule has 1 heterocycles. The van der Waals surface area contributed by atoms with Crippen molar-refractivity contribution in [1.82, 2.24) is 4.98 Å². The molecule has 0 radical (unpaired) electrons. The minimum Gasteiger partial charge on any atom is -0.482 e. The van der Waals surface area contributed by atoms with Crippen LogP contribution in [-0.2, 0) is 9.53 Å². The molecule has 0 aliphatic rings. The summed E-state index contributed by atoms with van der Waals surface area (Å²) in [5.74, 6) is 0.132. The smallest absolute Gasteiger partial charge is 0.344 e. The number of ether oxygens (including phenoxy) is 2. The van der Waals surface area contributed by atoms with Crippen LogP contribution in [-0.4, -0.2) is 30.0 Å². The molecule has 0 saturated carbocycles. The minimum absolute atomic E-state index is 0.232. The number of carbonyl (C=O) groups excluding carboxylic acids is 2. The zero-order valence-corrected chi connectivity index (χ0v) is 15.7. The minimum atomic E-state index is -0.570. The van der Waals surface area contributed by atoms with Crippen molar-refractivity contribution in [3.63, 3.8) is 0 Å². The molecular formula is C22H23NO4. The number of rotatable bonds is 7. The first-order chi connectivity index (χ1) is 13.0. The number of fused-ring (bicyclic) bond motifs is 1. The highest BCUT2D eigenvalue weighted by atomic mass is 16.6. The van der Waals surface area contributed by atoms with Crippen molar-refractivity contribution in [2.45, 2.75) is 26.7 Å². The Morgan fingerprint density at radius 1 is 1.00 bits per heavy atom. The molecule has 0 atom stereocenters. The van der Waals surface area contributed by atoms with Gasteiger partial charge in [-0.1, -0.05) is 50.2 Å². The molecule has 1 N–H and O–H groups in total. The number of para-hydroxylation sites is 2. The summed E-state index contributed by atoms with van der Waals surface area (Å²) in [4.78, 5) is 27.7. The standard InChI is InChI=1S/C22H23NO4/c1-14(2)16-8-5-7-11-20(16)26-13-21(25)27-12-19(24)22-15(3)23-18-10-6-4-9-17(18)22/h4-11,14,23H,12-13H2,1-3H3. The van der Waals surface area contributed by atoms with Crippen molar-refractivity contribution >= 4 is 22.7 Å². The third-order valence-electron chi connectivity index (χ3n) is 4.42. The first kappa shape index (κ1) is 18.7. The van der Waals surface area contributed by atoms with Crippen LogP contribution in [0.3, 0.4) is 0 Å². The Labute approximate surface area is 158 Å². The van der Waals surface area contributed by atoms with Gasteiger partial charge in [0.1, 0.15) is 5.75 Å². The molecule has 0 fully saturated rings. The van der Waals surface area contributed by atoms with Gasteiger partial charge in [-0.25, -0.2) is 4.79 Å². The van der Waals surface area contributed by atoms with E-state index in [9.17, 15) is 9.59 Å². The number of esters is 1. The van der Waals surface area contributed by atoms with Gasteiger partial charge in [-0.15, -0.1) is 0 Å². The summed E-state index contributed by atoms with van der Waals surface area (Å²) in [6, 6.07) is 15.1. The molecule has 27 heavy (non-hydrogen) atoms. The lowest BCUT2D eigenvalue weighted by Gasteiger charge is -2.13. The average molecular weight is 365 g/mol. The lowest BCUT2D eigenvalue weighted by Crippen LogP contribution is -2.20. The molecule has 5 nitrogen and oxygen atoms in total. The number of aromatic nitrogens is 1. The summed E-state index contributed by atoms with van der Waals surface area (Å²) < 4.78 is 10.7. The Balaban J connectivity index is 1.59. The van der Waals surface area contributed by atoms with Crippen LogP contribution >= 0.6 is 0 Å². The predicted molar refractivity (Wildman–Crippen MR) is 104 cm³/mol. The molecule has 0 aliphatic heterocycles. The van der Waals surface area contributed by atoms with Crippen molar-refractivity contribution in [2.75, 3.05) is 13.2 Å². The van der Waals surface area contributed by atoms with E-state index in [4.69, 9.17) is 9.47 Å². The van der Waals surface area contributed by atoms with Crippen LogP contribution in [0.5, 0.6) is 5.75 Å². The van der Waals surface area contributed by atoms with E-state index in [1.54, 1.807) is 0 Å². The first-order valence-electron chi connectivity index (χ1n) is 8.95. The number of Topliss-reactive ketones (excluding diaryl/α,β-unsaturated/α-hetero) is 1. The SMILES string of the molecule is Cc1[nH]c2ccccc2c1C(=O)COC(=O)COc1ccccc1C(C)C. The molecule has 3 rings (SSSR count). The second-order valence-electron chi connectivity index (χ2n) is 6.74. The number of hydrogen-bond donors (Lipinski definition) is 1. The number of aromatic amines is 1. The van der Waals surface area contributed by atoms with Gasteiger partial charge in [-0.3, -0.25) is 4.79 Å². The van der Waals surface area contributed by atoms with Crippen molar-refractivity contribution in [2.24, 2.45) is 0 Å². The third-order valence-corrected chi connectivity index (χ3v) is 4.42. The van der Waals surface area contributed by atoms with Crippen molar-refractivity contribution in [3.05, 3.63) is 65.4 Å². The van der Waals surface area contributed by atoms with Gasteiger partial charge >= 0.3 is 5.97 Å². The number of H-pyrrole nitrogens is 1. The molecule has 0 spiro atoms. The third kappa shape index (κ3) is 4.19. The molecule has 140 valence electrons. The zero-order valence-electron chi connectivity index (χ0n) is 15.7. The Morgan fingerprint density at radius 3 is 2.48 bits per heavy atom. The zero-order chi connectivity index (χ0) is 19.4. The highest BCUT2D eigenvalue weighted by Crippen LogP contribution is 2.26. The lowest BCUT2D eigenvalue weighted by atomic mass is 10.0. The first-order valence-corrected chi connectivity index (χ1v) is 8.95. The van der Waals surface area contributed by atoms with Crippen molar-refractivity contribution in [1.29, 1.82) is 0 Å². The van der Waals surface area contributed by atoms with Crippen LogP contribution in [0.1, 0.15) is 41.4 Å². The molecule has 0 unspecified atom stereocenters. The second kappa shape index (κ2) is 8.08. The van der Waals surface area contributed by atoms with Gasteiger partial charge in [0.2, 0.25) is 5.78 Å². The van der Waals surface area contributed by atoms with Gasteiger partial charge in [0, 0.05) is 22.2 Å². The quantitative estimate of drug-likeness (QED) is 0.498. The van der Waals surface area contributed by atoms with Crippen LogP contribution in [0.15, 0.2) is 48.5 Å². The summed E-state index contributed by atoms with van der Waals surface area (Å²) >= 11 is 0. The van der Waals surface area contributed by atoms with E-state index in [1.165, 1.54) is 0 Å². The molecule has 1 aromatic heterocycles. The molecular weight excluding hydrogens is 342 g/mol. The molecule has 3 aromatic rings. The molecule has 0 bridgehead atoms. The molecule has 0 aliphatic carbocycles. The van der Waals surface area contributed by atoms with E-state index >= 15 is 0 Å².